The SMILES string of the molecule is O=[N+]([O-])c1cnc(Cl)c(C=CC2CCC(F)(F)CC2)c1. The van der Waals surface area contributed by atoms with Crippen molar-refractivity contribution in [3.8, 4) is 0 Å². The Balaban J connectivity index is 2.08. The maximum Gasteiger partial charge on any atom is 0.288 e. The lowest BCUT2D eigenvalue weighted by atomic mass is 9.86. The van der Waals surface area contributed by atoms with Crippen LogP contribution in [0, 0.1) is 16.0 Å². The minimum Gasteiger partial charge on any atom is -0.258 e. The molecule has 0 saturated heterocycles. The van der Waals surface area contributed by atoms with E-state index in [9.17, 15) is 18.9 Å². The number of rotatable bonds is 3. The Morgan fingerprint density at radius 3 is 2.70 bits per heavy atom. The van der Waals surface area contributed by atoms with Crippen LogP contribution in [0.5, 0.6) is 0 Å². The fraction of sp³-hybridized carbons (Fsp3) is 0.462. The van der Waals surface area contributed by atoms with Crippen molar-refractivity contribution in [2.24, 2.45) is 5.92 Å². The van der Waals surface area contributed by atoms with Crippen molar-refractivity contribution < 1.29 is 13.7 Å². The lowest BCUT2D eigenvalue weighted by Crippen LogP contribution is -2.23. The molecule has 1 heterocycles. The van der Waals surface area contributed by atoms with Gasteiger partial charge < -0.3 is 0 Å². The summed E-state index contributed by atoms with van der Waals surface area (Å²) in [4.78, 5) is 13.8. The van der Waals surface area contributed by atoms with Gasteiger partial charge in [0.05, 0.1) is 4.92 Å². The van der Waals surface area contributed by atoms with Gasteiger partial charge in [-0.2, -0.15) is 0 Å². The minimum absolute atomic E-state index is 0.0463. The Labute approximate surface area is 119 Å². The molecule has 0 amide bonds. The van der Waals surface area contributed by atoms with Crippen LogP contribution in [0.25, 0.3) is 6.08 Å². The second kappa shape index (κ2) is 5.83. The molecule has 0 bridgehead atoms. The van der Waals surface area contributed by atoms with E-state index in [1.807, 2.05) is 0 Å². The van der Waals surface area contributed by atoms with Crippen LogP contribution in [0.4, 0.5) is 14.5 Å². The normalized spacial score (nSPS) is 19.4. The first-order valence-electron chi connectivity index (χ1n) is 6.23. The molecule has 1 aromatic rings. The van der Waals surface area contributed by atoms with Crippen LogP contribution in [0.3, 0.4) is 0 Å². The summed E-state index contributed by atoms with van der Waals surface area (Å²) < 4.78 is 26.0. The molecule has 1 aliphatic carbocycles. The topological polar surface area (TPSA) is 56.0 Å². The molecule has 0 aliphatic heterocycles. The first-order chi connectivity index (χ1) is 9.37. The van der Waals surface area contributed by atoms with E-state index in [2.05, 4.69) is 4.98 Å². The second-order valence-electron chi connectivity index (χ2n) is 4.88. The van der Waals surface area contributed by atoms with Crippen molar-refractivity contribution in [1.82, 2.24) is 4.98 Å². The van der Waals surface area contributed by atoms with Crippen LogP contribution < -0.4 is 0 Å². The molecule has 0 unspecified atom stereocenters. The number of nitrogens with zero attached hydrogens (tertiary/aromatic N) is 2. The van der Waals surface area contributed by atoms with Crippen LogP contribution in [0.1, 0.15) is 31.2 Å². The molecular formula is C13H13ClF2N2O2. The fourth-order valence-corrected chi connectivity index (χ4v) is 2.33. The summed E-state index contributed by atoms with van der Waals surface area (Å²) in [6.07, 6.45) is 5.05. The van der Waals surface area contributed by atoms with Gasteiger partial charge >= 0.3 is 0 Å². The van der Waals surface area contributed by atoms with E-state index in [1.54, 1.807) is 12.2 Å². The summed E-state index contributed by atoms with van der Waals surface area (Å²) in [6.45, 7) is 0. The standard InChI is InChI=1S/C13H13ClF2N2O2/c14-12-10(7-11(8-17-12)18(19)20)2-1-9-3-5-13(15,16)6-4-9/h1-2,7-9H,3-6H2. The molecule has 0 radical (unpaired) electrons. The van der Waals surface area contributed by atoms with Gasteiger partial charge in [0.25, 0.3) is 5.69 Å². The van der Waals surface area contributed by atoms with Gasteiger partial charge in [-0.1, -0.05) is 23.8 Å². The largest absolute Gasteiger partial charge is 0.288 e. The Hall–Kier alpha value is -1.56. The van der Waals surface area contributed by atoms with E-state index in [0.29, 0.717) is 18.4 Å². The number of allylic oxidation sites excluding steroid dienone is 1. The third kappa shape index (κ3) is 3.72. The van der Waals surface area contributed by atoms with Crippen LogP contribution in [-0.2, 0) is 0 Å². The lowest BCUT2D eigenvalue weighted by Gasteiger charge is -2.26. The molecule has 1 aliphatic rings. The van der Waals surface area contributed by atoms with Gasteiger partial charge in [-0.05, 0) is 18.8 Å². The van der Waals surface area contributed by atoms with Gasteiger partial charge in [-0.3, -0.25) is 10.1 Å². The quantitative estimate of drug-likeness (QED) is 0.470. The summed E-state index contributed by atoms with van der Waals surface area (Å²) in [5, 5.41) is 10.8. The molecule has 1 saturated carbocycles. The summed E-state index contributed by atoms with van der Waals surface area (Å²) in [6, 6.07) is 1.32. The fourth-order valence-electron chi connectivity index (χ4n) is 2.16. The van der Waals surface area contributed by atoms with Crippen molar-refractivity contribution in [2.45, 2.75) is 31.6 Å². The molecule has 108 valence electrons. The van der Waals surface area contributed by atoms with Crippen LogP contribution >= 0.6 is 11.6 Å². The summed E-state index contributed by atoms with van der Waals surface area (Å²) in [5.74, 6) is -2.51. The van der Waals surface area contributed by atoms with Crippen molar-refractivity contribution in [3.05, 3.63) is 39.2 Å². The zero-order chi connectivity index (χ0) is 14.8. The Morgan fingerprint density at radius 1 is 1.45 bits per heavy atom. The van der Waals surface area contributed by atoms with E-state index < -0.39 is 10.8 Å². The highest BCUT2D eigenvalue weighted by molar-refractivity contribution is 6.30. The van der Waals surface area contributed by atoms with Crippen molar-refractivity contribution in [3.63, 3.8) is 0 Å². The molecule has 0 spiro atoms. The maximum absolute atomic E-state index is 13.0. The van der Waals surface area contributed by atoms with E-state index in [0.717, 1.165) is 6.20 Å². The molecule has 0 atom stereocenters. The smallest absolute Gasteiger partial charge is 0.258 e. The van der Waals surface area contributed by atoms with E-state index in [4.69, 9.17) is 11.6 Å². The zero-order valence-electron chi connectivity index (χ0n) is 10.6. The third-order valence-electron chi connectivity index (χ3n) is 3.37. The second-order valence-corrected chi connectivity index (χ2v) is 5.24. The minimum atomic E-state index is -2.56. The average Bonchev–Trinajstić information content (AvgIpc) is 2.39. The molecular weight excluding hydrogens is 290 g/mol. The number of hydrogen-bond donors (Lipinski definition) is 0. The highest BCUT2D eigenvalue weighted by atomic mass is 35.5. The Morgan fingerprint density at radius 2 is 2.10 bits per heavy atom. The highest BCUT2D eigenvalue weighted by Gasteiger charge is 2.33. The van der Waals surface area contributed by atoms with Gasteiger partial charge in [-0.25, -0.2) is 13.8 Å². The molecule has 4 nitrogen and oxygen atoms in total. The first kappa shape index (κ1) is 14.8. The summed E-state index contributed by atoms with van der Waals surface area (Å²) >= 11 is 5.86. The monoisotopic (exact) mass is 302 g/mol. The number of nitro groups is 1. The van der Waals surface area contributed by atoms with Crippen LogP contribution in [0.2, 0.25) is 5.15 Å². The van der Waals surface area contributed by atoms with Gasteiger partial charge in [0.1, 0.15) is 11.3 Å². The van der Waals surface area contributed by atoms with Crippen molar-refractivity contribution >= 4 is 23.4 Å². The molecule has 1 aromatic heterocycles. The van der Waals surface area contributed by atoms with E-state index >= 15 is 0 Å². The van der Waals surface area contributed by atoms with Gasteiger partial charge in [0, 0.05) is 24.5 Å². The molecule has 0 N–H and O–H groups in total. The number of pyridine rings is 1. The van der Waals surface area contributed by atoms with Crippen LogP contribution in [0.15, 0.2) is 18.3 Å². The van der Waals surface area contributed by atoms with E-state index in [1.165, 1.54) is 6.07 Å². The Bertz CT molecular complexity index is 539. The van der Waals surface area contributed by atoms with E-state index in [-0.39, 0.29) is 29.6 Å². The van der Waals surface area contributed by atoms with Crippen LogP contribution in [-0.4, -0.2) is 15.8 Å². The molecule has 2 rings (SSSR count). The average molecular weight is 303 g/mol. The zero-order valence-corrected chi connectivity index (χ0v) is 11.3. The predicted octanol–water partition coefficient (Wildman–Crippen LogP) is 4.48. The predicted molar refractivity (Wildman–Crippen MR) is 71.8 cm³/mol. The van der Waals surface area contributed by atoms with Gasteiger partial charge in [-0.15, -0.1) is 0 Å². The number of aromatic nitrogens is 1. The number of hydrogen-bond acceptors (Lipinski definition) is 3. The lowest BCUT2D eigenvalue weighted by molar-refractivity contribution is -0.385. The van der Waals surface area contributed by atoms with Crippen molar-refractivity contribution in [1.29, 1.82) is 0 Å². The molecule has 20 heavy (non-hydrogen) atoms. The van der Waals surface area contributed by atoms with Crippen molar-refractivity contribution in [2.75, 3.05) is 0 Å². The molecule has 1 fully saturated rings. The number of halogens is 3. The third-order valence-corrected chi connectivity index (χ3v) is 3.69. The highest BCUT2D eigenvalue weighted by Crippen LogP contribution is 2.37. The molecule has 0 aromatic carbocycles. The van der Waals surface area contributed by atoms with Gasteiger partial charge in [0.15, 0.2) is 0 Å². The summed E-state index contributed by atoms with van der Waals surface area (Å²) in [5.41, 5.74) is 0.280. The Kier molecular flexibility index (Phi) is 4.32. The first-order valence-corrected chi connectivity index (χ1v) is 6.61. The number of alkyl halides is 2. The maximum atomic E-state index is 13.0. The van der Waals surface area contributed by atoms with Gasteiger partial charge in [0.2, 0.25) is 5.92 Å². The summed E-state index contributed by atoms with van der Waals surface area (Å²) in [7, 11) is 0. The molecule has 7 heteroatoms.